The van der Waals surface area contributed by atoms with E-state index in [-0.39, 0.29) is 11.9 Å². The zero-order valence-corrected chi connectivity index (χ0v) is 13.2. The first kappa shape index (κ1) is 14.7. The first-order chi connectivity index (χ1) is 10.3. The Hall–Kier alpha value is -1.26. The molecule has 1 aliphatic carbocycles. The number of fused-ring (bicyclic) bond motifs is 1. The third-order valence-electron chi connectivity index (χ3n) is 4.31. The van der Waals surface area contributed by atoms with Gasteiger partial charge in [0.05, 0.1) is 16.6 Å². The van der Waals surface area contributed by atoms with E-state index in [0.29, 0.717) is 12.3 Å². The average Bonchev–Trinajstić information content (AvgIpc) is 2.91. The summed E-state index contributed by atoms with van der Waals surface area (Å²) in [6.07, 6.45) is 6.11. The van der Waals surface area contributed by atoms with Crippen molar-refractivity contribution in [3.63, 3.8) is 0 Å². The van der Waals surface area contributed by atoms with Crippen molar-refractivity contribution in [1.82, 2.24) is 4.98 Å². The van der Waals surface area contributed by atoms with E-state index in [1.54, 1.807) is 18.4 Å². The number of ether oxygens (including phenoxy) is 1. The fraction of sp³-hybridized carbons (Fsp3) is 0.529. The van der Waals surface area contributed by atoms with Crippen LogP contribution in [-0.2, 0) is 16.0 Å². The lowest BCUT2D eigenvalue weighted by Gasteiger charge is -2.28. The van der Waals surface area contributed by atoms with Crippen molar-refractivity contribution < 1.29 is 9.53 Å². The Kier molecular flexibility index (Phi) is 4.66. The molecule has 1 fully saturated rings. The zero-order valence-electron chi connectivity index (χ0n) is 12.4. The summed E-state index contributed by atoms with van der Waals surface area (Å²) in [7, 11) is 1.66. The van der Waals surface area contributed by atoms with Crippen molar-refractivity contribution in [2.75, 3.05) is 7.11 Å². The van der Waals surface area contributed by atoms with Crippen LogP contribution in [0.1, 0.15) is 37.1 Å². The maximum Gasteiger partial charge on any atom is 0.168 e. The van der Waals surface area contributed by atoms with Gasteiger partial charge >= 0.3 is 0 Å². The van der Waals surface area contributed by atoms with Crippen LogP contribution in [0.3, 0.4) is 0 Å². The van der Waals surface area contributed by atoms with Gasteiger partial charge in [-0.05, 0) is 30.9 Å². The fourth-order valence-corrected chi connectivity index (χ4v) is 4.25. The standard InChI is InChI=1S/C17H21NO2S/c1-20-17(12-7-3-2-4-8-12)14(19)11-16-18-13-9-5-6-10-15(13)21-16/h5-6,9-10,12,17H,2-4,7-8,11H2,1H3. The number of thiazole rings is 1. The highest BCUT2D eigenvalue weighted by atomic mass is 32.1. The number of ketones is 1. The van der Waals surface area contributed by atoms with E-state index < -0.39 is 0 Å². The maximum absolute atomic E-state index is 12.6. The number of benzene rings is 1. The summed E-state index contributed by atoms with van der Waals surface area (Å²) in [6.45, 7) is 0. The van der Waals surface area contributed by atoms with Gasteiger partial charge in [0.15, 0.2) is 5.78 Å². The maximum atomic E-state index is 12.6. The molecule has 0 N–H and O–H groups in total. The van der Waals surface area contributed by atoms with E-state index in [2.05, 4.69) is 11.1 Å². The van der Waals surface area contributed by atoms with Gasteiger partial charge in [-0.1, -0.05) is 31.4 Å². The van der Waals surface area contributed by atoms with Gasteiger partial charge in [-0.2, -0.15) is 0 Å². The lowest BCUT2D eigenvalue weighted by Crippen LogP contribution is -2.34. The van der Waals surface area contributed by atoms with Crippen molar-refractivity contribution >= 4 is 27.3 Å². The van der Waals surface area contributed by atoms with Gasteiger partial charge in [0, 0.05) is 7.11 Å². The SMILES string of the molecule is COC(C(=O)Cc1nc2ccccc2s1)C1CCCCC1. The summed E-state index contributed by atoms with van der Waals surface area (Å²) in [5.74, 6) is 0.578. The number of hydrogen-bond acceptors (Lipinski definition) is 4. The number of Topliss-reactive ketones (excluding diaryl/α,β-unsaturated/α-hetero) is 1. The molecule has 4 heteroatoms. The number of rotatable bonds is 5. The van der Waals surface area contributed by atoms with Crippen molar-refractivity contribution in [3.8, 4) is 0 Å². The first-order valence-electron chi connectivity index (χ1n) is 7.68. The molecule has 1 saturated carbocycles. The van der Waals surface area contributed by atoms with E-state index in [1.807, 2.05) is 18.2 Å². The van der Waals surface area contributed by atoms with Gasteiger partial charge in [0.1, 0.15) is 11.1 Å². The molecule has 3 nitrogen and oxygen atoms in total. The molecule has 0 bridgehead atoms. The minimum Gasteiger partial charge on any atom is -0.373 e. The molecular weight excluding hydrogens is 282 g/mol. The second-order valence-electron chi connectivity index (χ2n) is 5.77. The van der Waals surface area contributed by atoms with Gasteiger partial charge in [-0.3, -0.25) is 4.79 Å². The van der Waals surface area contributed by atoms with Gasteiger partial charge in [-0.15, -0.1) is 11.3 Å². The Morgan fingerprint density at radius 1 is 1.33 bits per heavy atom. The number of carbonyl (C=O) groups is 1. The number of carbonyl (C=O) groups excluding carboxylic acids is 1. The van der Waals surface area contributed by atoms with Crippen molar-refractivity contribution in [1.29, 1.82) is 0 Å². The Morgan fingerprint density at radius 3 is 2.81 bits per heavy atom. The minimum absolute atomic E-state index is 0.184. The predicted octanol–water partition coefficient (Wildman–Crippen LogP) is 4.00. The third-order valence-corrected chi connectivity index (χ3v) is 5.35. The summed E-state index contributed by atoms with van der Waals surface area (Å²) in [4.78, 5) is 17.1. The molecule has 0 amide bonds. The van der Waals surface area contributed by atoms with Crippen LogP contribution in [0.25, 0.3) is 10.2 Å². The van der Waals surface area contributed by atoms with Crippen LogP contribution in [0.5, 0.6) is 0 Å². The Bertz CT molecular complexity index is 583. The van der Waals surface area contributed by atoms with Crippen LogP contribution >= 0.6 is 11.3 Å². The molecule has 3 rings (SSSR count). The molecule has 2 aromatic rings. The molecule has 0 aliphatic heterocycles. The molecule has 0 radical (unpaired) electrons. The van der Waals surface area contributed by atoms with Crippen LogP contribution in [-0.4, -0.2) is 24.0 Å². The van der Waals surface area contributed by atoms with Crippen LogP contribution in [0, 0.1) is 5.92 Å². The highest BCUT2D eigenvalue weighted by Crippen LogP contribution is 2.29. The fourth-order valence-electron chi connectivity index (χ4n) is 3.27. The van der Waals surface area contributed by atoms with E-state index in [1.165, 1.54) is 19.3 Å². The Labute approximate surface area is 129 Å². The molecule has 0 saturated heterocycles. The first-order valence-corrected chi connectivity index (χ1v) is 8.49. The monoisotopic (exact) mass is 303 g/mol. The van der Waals surface area contributed by atoms with Gasteiger partial charge in [-0.25, -0.2) is 4.98 Å². The van der Waals surface area contributed by atoms with E-state index in [4.69, 9.17) is 4.74 Å². The Morgan fingerprint density at radius 2 is 2.10 bits per heavy atom. The molecule has 1 aliphatic rings. The number of para-hydroxylation sites is 1. The van der Waals surface area contributed by atoms with E-state index in [0.717, 1.165) is 28.1 Å². The van der Waals surface area contributed by atoms with Crippen LogP contribution < -0.4 is 0 Å². The smallest absolute Gasteiger partial charge is 0.168 e. The molecule has 1 unspecified atom stereocenters. The lowest BCUT2D eigenvalue weighted by molar-refractivity contribution is -0.132. The molecule has 112 valence electrons. The molecule has 1 aromatic carbocycles. The van der Waals surface area contributed by atoms with Crippen molar-refractivity contribution in [2.24, 2.45) is 5.92 Å². The van der Waals surface area contributed by atoms with Gasteiger partial charge < -0.3 is 4.74 Å². The number of aromatic nitrogens is 1. The quantitative estimate of drug-likeness (QED) is 0.838. The lowest BCUT2D eigenvalue weighted by atomic mass is 9.83. The Balaban J connectivity index is 1.71. The molecule has 0 spiro atoms. The highest BCUT2D eigenvalue weighted by Gasteiger charge is 2.29. The summed E-state index contributed by atoms with van der Waals surface area (Å²) < 4.78 is 6.67. The minimum atomic E-state index is -0.252. The van der Waals surface area contributed by atoms with Crippen molar-refractivity contribution in [3.05, 3.63) is 29.3 Å². The third kappa shape index (κ3) is 3.33. The number of nitrogens with zero attached hydrogens (tertiary/aromatic N) is 1. The molecule has 1 heterocycles. The molecule has 21 heavy (non-hydrogen) atoms. The second kappa shape index (κ2) is 6.67. The summed E-state index contributed by atoms with van der Waals surface area (Å²) in [6, 6.07) is 8.03. The summed E-state index contributed by atoms with van der Waals surface area (Å²) in [5, 5.41) is 0.902. The van der Waals surface area contributed by atoms with Gasteiger partial charge in [0.25, 0.3) is 0 Å². The average molecular weight is 303 g/mol. The predicted molar refractivity (Wildman–Crippen MR) is 85.7 cm³/mol. The van der Waals surface area contributed by atoms with Crippen LogP contribution in [0.4, 0.5) is 0 Å². The highest BCUT2D eigenvalue weighted by molar-refractivity contribution is 7.18. The van der Waals surface area contributed by atoms with E-state index >= 15 is 0 Å². The summed E-state index contributed by atoms with van der Waals surface area (Å²) >= 11 is 1.61. The normalized spacial score (nSPS) is 18.0. The largest absolute Gasteiger partial charge is 0.373 e. The number of methoxy groups -OCH3 is 1. The topological polar surface area (TPSA) is 39.2 Å². The molecule has 1 atom stereocenters. The molecular formula is C17H21NO2S. The summed E-state index contributed by atoms with van der Waals surface area (Å²) in [5.41, 5.74) is 0.983. The van der Waals surface area contributed by atoms with Gasteiger partial charge in [0.2, 0.25) is 0 Å². The van der Waals surface area contributed by atoms with Crippen LogP contribution in [0.2, 0.25) is 0 Å². The van der Waals surface area contributed by atoms with E-state index in [9.17, 15) is 4.79 Å². The van der Waals surface area contributed by atoms with Crippen molar-refractivity contribution in [2.45, 2.75) is 44.6 Å². The molecule has 1 aromatic heterocycles. The number of hydrogen-bond donors (Lipinski definition) is 0. The second-order valence-corrected chi connectivity index (χ2v) is 6.89. The van der Waals surface area contributed by atoms with Crippen LogP contribution in [0.15, 0.2) is 24.3 Å². The zero-order chi connectivity index (χ0) is 14.7.